The Morgan fingerprint density at radius 3 is 2.72 bits per heavy atom. The fourth-order valence-electron chi connectivity index (χ4n) is 1.90. The molecular weight excluding hydrogens is 256 g/mol. The van der Waals surface area contributed by atoms with E-state index < -0.39 is 24.0 Å². The van der Waals surface area contributed by atoms with Gasteiger partial charge >= 0.3 is 11.9 Å². The third kappa shape index (κ3) is 2.64. The third-order valence-electron chi connectivity index (χ3n) is 2.81. The van der Waals surface area contributed by atoms with Gasteiger partial charge < -0.3 is 9.47 Å². The normalized spacial score (nSPS) is 22.7. The van der Waals surface area contributed by atoms with E-state index in [2.05, 4.69) is 0 Å². The number of hydrogen-bond donors (Lipinski definition) is 0. The first-order chi connectivity index (χ1) is 8.61. The van der Waals surface area contributed by atoms with E-state index in [1.165, 1.54) is 0 Å². The molecule has 0 aliphatic carbocycles. The van der Waals surface area contributed by atoms with Gasteiger partial charge in [-0.1, -0.05) is 23.7 Å². The lowest BCUT2D eigenvalue weighted by Gasteiger charge is -2.08. The van der Waals surface area contributed by atoms with Gasteiger partial charge in [0, 0.05) is 11.4 Å². The Labute approximate surface area is 110 Å². The molecule has 0 saturated carbocycles. The zero-order chi connectivity index (χ0) is 13.1. The van der Waals surface area contributed by atoms with Gasteiger partial charge in [0.1, 0.15) is 6.10 Å². The lowest BCUT2D eigenvalue weighted by Crippen LogP contribution is -2.21. The number of carbonyl (C=O) groups excluding carboxylic acids is 2. The van der Waals surface area contributed by atoms with Crippen molar-refractivity contribution >= 4 is 23.5 Å². The predicted molar refractivity (Wildman–Crippen MR) is 65.0 cm³/mol. The molecule has 0 spiro atoms. The van der Waals surface area contributed by atoms with E-state index in [9.17, 15) is 9.59 Å². The van der Waals surface area contributed by atoms with Gasteiger partial charge in [-0.2, -0.15) is 0 Å². The maximum atomic E-state index is 11.6. The Hall–Kier alpha value is -1.55. The van der Waals surface area contributed by atoms with Crippen LogP contribution in [-0.4, -0.2) is 18.5 Å². The van der Waals surface area contributed by atoms with Crippen LogP contribution in [0.1, 0.15) is 25.0 Å². The highest BCUT2D eigenvalue weighted by Crippen LogP contribution is 2.34. The second kappa shape index (κ2) is 5.40. The van der Waals surface area contributed by atoms with Crippen molar-refractivity contribution in [1.82, 2.24) is 0 Å². The number of esters is 2. The summed E-state index contributed by atoms with van der Waals surface area (Å²) in [5.41, 5.74) is 0.833. The van der Waals surface area contributed by atoms with E-state index in [0.717, 1.165) is 5.56 Å². The first-order valence-corrected chi connectivity index (χ1v) is 6.12. The van der Waals surface area contributed by atoms with Crippen LogP contribution in [0, 0.1) is 5.92 Å². The van der Waals surface area contributed by atoms with Crippen LogP contribution in [-0.2, 0) is 19.1 Å². The standard InChI is InChI=1S/C13H13ClO4/c1-2-17-12(15)10-7-11(18-13(10)16)8-3-5-9(14)6-4-8/h3-6,10-11H,2,7H2,1H3. The Morgan fingerprint density at radius 2 is 2.11 bits per heavy atom. The molecule has 1 saturated heterocycles. The second-order valence-corrected chi connectivity index (χ2v) is 4.45. The van der Waals surface area contributed by atoms with Crippen LogP contribution in [0.15, 0.2) is 24.3 Å². The van der Waals surface area contributed by atoms with Crippen LogP contribution < -0.4 is 0 Å². The van der Waals surface area contributed by atoms with Crippen molar-refractivity contribution in [2.75, 3.05) is 6.61 Å². The Morgan fingerprint density at radius 1 is 1.44 bits per heavy atom. The van der Waals surface area contributed by atoms with Gasteiger partial charge in [-0.15, -0.1) is 0 Å². The topological polar surface area (TPSA) is 52.6 Å². The molecule has 0 N–H and O–H groups in total. The molecule has 96 valence electrons. The van der Waals surface area contributed by atoms with Gasteiger partial charge in [0.05, 0.1) is 6.61 Å². The minimum Gasteiger partial charge on any atom is -0.465 e. The molecule has 2 rings (SSSR count). The molecule has 1 aromatic carbocycles. The molecule has 0 radical (unpaired) electrons. The molecule has 1 fully saturated rings. The molecule has 1 aliphatic heterocycles. The molecule has 2 unspecified atom stereocenters. The molecule has 1 aromatic rings. The zero-order valence-electron chi connectivity index (χ0n) is 9.89. The monoisotopic (exact) mass is 268 g/mol. The largest absolute Gasteiger partial charge is 0.465 e. The van der Waals surface area contributed by atoms with E-state index >= 15 is 0 Å². The van der Waals surface area contributed by atoms with Gasteiger partial charge in [0.2, 0.25) is 0 Å². The molecule has 0 bridgehead atoms. The second-order valence-electron chi connectivity index (χ2n) is 4.02. The number of benzene rings is 1. The van der Waals surface area contributed by atoms with Crippen molar-refractivity contribution in [3.8, 4) is 0 Å². The van der Waals surface area contributed by atoms with E-state index in [1.54, 1.807) is 31.2 Å². The summed E-state index contributed by atoms with van der Waals surface area (Å²) in [4.78, 5) is 23.1. The summed E-state index contributed by atoms with van der Waals surface area (Å²) in [6, 6.07) is 7.02. The van der Waals surface area contributed by atoms with Crippen molar-refractivity contribution in [1.29, 1.82) is 0 Å². The number of cyclic esters (lactones) is 1. The van der Waals surface area contributed by atoms with Gasteiger partial charge in [-0.3, -0.25) is 9.59 Å². The SMILES string of the molecule is CCOC(=O)C1CC(c2ccc(Cl)cc2)OC1=O. The third-order valence-corrected chi connectivity index (χ3v) is 3.06. The molecule has 4 nitrogen and oxygen atoms in total. The van der Waals surface area contributed by atoms with Crippen LogP contribution in [0.3, 0.4) is 0 Å². The fourth-order valence-corrected chi connectivity index (χ4v) is 2.02. The summed E-state index contributed by atoms with van der Waals surface area (Å²) >= 11 is 5.79. The summed E-state index contributed by atoms with van der Waals surface area (Å²) < 4.78 is 10.0. The minimum atomic E-state index is -0.814. The van der Waals surface area contributed by atoms with E-state index in [-0.39, 0.29) is 6.61 Å². The average Bonchev–Trinajstić information content (AvgIpc) is 2.72. The van der Waals surface area contributed by atoms with Crippen molar-refractivity contribution in [3.05, 3.63) is 34.9 Å². The van der Waals surface area contributed by atoms with Crippen molar-refractivity contribution < 1.29 is 19.1 Å². The Bertz CT molecular complexity index is 455. The van der Waals surface area contributed by atoms with E-state index in [0.29, 0.717) is 11.4 Å². The summed E-state index contributed by atoms with van der Waals surface area (Å²) in [6.45, 7) is 1.96. The fraction of sp³-hybridized carbons (Fsp3) is 0.385. The summed E-state index contributed by atoms with van der Waals surface area (Å²) in [7, 11) is 0. The molecule has 1 aliphatic rings. The van der Waals surface area contributed by atoms with Crippen molar-refractivity contribution in [2.24, 2.45) is 5.92 Å². The first kappa shape index (κ1) is 12.9. The highest BCUT2D eigenvalue weighted by Gasteiger charge is 2.41. The van der Waals surface area contributed by atoms with Crippen LogP contribution in [0.2, 0.25) is 5.02 Å². The molecular formula is C13H13ClO4. The lowest BCUT2D eigenvalue weighted by atomic mass is 10.0. The molecule has 0 aromatic heterocycles. The van der Waals surface area contributed by atoms with Crippen molar-refractivity contribution in [3.63, 3.8) is 0 Å². The number of rotatable bonds is 3. The number of ether oxygens (including phenoxy) is 2. The Balaban J connectivity index is 2.08. The number of carbonyl (C=O) groups is 2. The van der Waals surface area contributed by atoms with Crippen LogP contribution in [0.5, 0.6) is 0 Å². The summed E-state index contributed by atoms with van der Waals surface area (Å²) in [6.07, 6.45) is -0.0802. The molecule has 5 heteroatoms. The van der Waals surface area contributed by atoms with E-state index in [4.69, 9.17) is 21.1 Å². The maximum absolute atomic E-state index is 11.6. The van der Waals surface area contributed by atoms with Gasteiger partial charge in [0.15, 0.2) is 5.92 Å². The van der Waals surface area contributed by atoms with E-state index in [1.807, 2.05) is 0 Å². The minimum absolute atomic E-state index is 0.258. The van der Waals surface area contributed by atoms with Crippen LogP contribution in [0.4, 0.5) is 0 Å². The molecule has 2 atom stereocenters. The highest BCUT2D eigenvalue weighted by atomic mass is 35.5. The zero-order valence-corrected chi connectivity index (χ0v) is 10.6. The molecule has 18 heavy (non-hydrogen) atoms. The predicted octanol–water partition coefficient (Wildman–Crippen LogP) is 2.51. The number of halogens is 1. The summed E-state index contributed by atoms with van der Waals surface area (Å²) in [5, 5.41) is 0.616. The van der Waals surface area contributed by atoms with Gasteiger partial charge in [-0.25, -0.2) is 0 Å². The molecule has 1 heterocycles. The van der Waals surface area contributed by atoms with Crippen molar-refractivity contribution in [2.45, 2.75) is 19.4 Å². The summed E-state index contributed by atoms with van der Waals surface area (Å²) in [5.74, 6) is -1.85. The Kier molecular flexibility index (Phi) is 3.87. The average molecular weight is 269 g/mol. The lowest BCUT2D eigenvalue weighted by molar-refractivity contribution is -0.156. The number of hydrogen-bond acceptors (Lipinski definition) is 4. The smallest absolute Gasteiger partial charge is 0.321 e. The first-order valence-electron chi connectivity index (χ1n) is 5.74. The van der Waals surface area contributed by atoms with Crippen LogP contribution in [0.25, 0.3) is 0 Å². The quantitative estimate of drug-likeness (QED) is 0.624. The molecule has 0 amide bonds. The van der Waals surface area contributed by atoms with Gasteiger partial charge in [0.25, 0.3) is 0 Å². The maximum Gasteiger partial charge on any atom is 0.321 e. The van der Waals surface area contributed by atoms with Crippen LogP contribution >= 0.6 is 11.6 Å². The van der Waals surface area contributed by atoms with Gasteiger partial charge in [-0.05, 0) is 24.6 Å². The highest BCUT2D eigenvalue weighted by molar-refractivity contribution is 6.30.